The molecule has 0 unspecified atom stereocenters. The summed E-state index contributed by atoms with van der Waals surface area (Å²) in [5.74, 6) is 0.664. The predicted molar refractivity (Wildman–Crippen MR) is 90.3 cm³/mol. The number of rotatable bonds is 7. The van der Waals surface area contributed by atoms with Crippen LogP contribution in [0.15, 0.2) is 28.8 Å². The van der Waals surface area contributed by atoms with Crippen molar-refractivity contribution in [2.45, 2.75) is 27.4 Å². The number of likely N-dealkylation sites (N-methyl/N-ethyl adjacent to an activating group) is 1. The number of carbonyl (C=O) groups is 2. The Labute approximate surface area is 146 Å². The zero-order chi connectivity index (χ0) is 18.4. The fraction of sp³-hybridized carbons (Fsp3) is 0.389. The molecule has 0 radical (unpaired) electrons. The number of esters is 1. The molecular weight excluding hydrogens is 324 g/mol. The van der Waals surface area contributed by atoms with Crippen LogP contribution < -0.4 is 4.74 Å². The molecule has 0 N–H and O–H groups in total. The maximum absolute atomic E-state index is 12.3. The van der Waals surface area contributed by atoms with Crippen LogP contribution in [0, 0.1) is 13.8 Å². The Morgan fingerprint density at radius 1 is 1.20 bits per heavy atom. The first-order valence-corrected chi connectivity index (χ1v) is 7.98. The van der Waals surface area contributed by atoms with Crippen LogP contribution >= 0.6 is 0 Å². The Balaban J connectivity index is 1.94. The van der Waals surface area contributed by atoms with Gasteiger partial charge in [-0.15, -0.1) is 0 Å². The number of aromatic nitrogens is 1. The molecule has 2 aromatic rings. The van der Waals surface area contributed by atoms with Gasteiger partial charge in [-0.25, -0.2) is 0 Å². The zero-order valence-corrected chi connectivity index (χ0v) is 14.9. The number of carbonyl (C=O) groups excluding carboxylic acids is 2. The maximum Gasteiger partial charge on any atom is 0.325 e. The van der Waals surface area contributed by atoms with Crippen molar-refractivity contribution in [2.24, 2.45) is 0 Å². The number of aryl methyl sites for hydroxylation is 2. The molecule has 0 atom stereocenters. The van der Waals surface area contributed by atoms with Crippen molar-refractivity contribution in [1.82, 2.24) is 10.1 Å². The van der Waals surface area contributed by atoms with Gasteiger partial charge in [0, 0.05) is 12.6 Å². The fourth-order valence-corrected chi connectivity index (χ4v) is 2.25. The molecule has 1 aromatic carbocycles. The molecule has 7 heteroatoms. The number of ether oxygens (including phenoxy) is 2. The zero-order valence-electron chi connectivity index (χ0n) is 14.9. The van der Waals surface area contributed by atoms with Crippen molar-refractivity contribution >= 4 is 11.9 Å². The van der Waals surface area contributed by atoms with Gasteiger partial charge in [0.15, 0.2) is 0 Å². The van der Waals surface area contributed by atoms with Crippen molar-refractivity contribution in [3.05, 3.63) is 46.8 Å². The summed E-state index contributed by atoms with van der Waals surface area (Å²) in [7, 11) is 1.56. The second kappa shape index (κ2) is 8.32. The van der Waals surface area contributed by atoms with Crippen LogP contribution in [0.1, 0.15) is 34.3 Å². The highest BCUT2D eigenvalue weighted by Gasteiger charge is 2.16. The third-order valence-electron chi connectivity index (χ3n) is 3.68. The van der Waals surface area contributed by atoms with Crippen LogP contribution in [0.25, 0.3) is 0 Å². The van der Waals surface area contributed by atoms with Crippen LogP contribution in [0.4, 0.5) is 0 Å². The maximum atomic E-state index is 12.3. The first-order chi connectivity index (χ1) is 11.9. The lowest BCUT2D eigenvalue weighted by Gasteiger charge is -2.16. The normalized spacial score (nSPS) is 10.4. The molecule has 0 saturated carbocycles. The minimum Gasteiger partial charge on any atom is -0.489 e. The van der Waals surface area contributed by atoms with Gasteiger partial charge < -0.3 is 18.9 Å². The number of hydrogen-bond donors (Lipinski definition) is 0. The van der Waals surface area contributed by atoms with Gasteiger partial charge in [-0.3, -0.25) is 9.59 Å². The van der Waals surface area contributed by atoms with E-state index < -0.39 is 5.97 Å². The monoisotopic (exact) mass is 346 g/mol. The largest absolute Gasteiger partial charge is 0.489 e. The van der Waals surface area contributed by atoms with Crippen LogP contribution in [0.2, 0.25) is 0 Å². The summed E-state index contributed by atoms with van der Waals surface area (Å²) >= 11 is 0. The highest BCUT2D eigenvalue weighted by molar-refractivity contribution is 5.95. The van der Waals surface area contributed by atoms with Crippen molar-refractivity contribution in [3.8, 4) is 5.75 Å². The van der Waals surface area contributed by atoms with Gasteiger partial charge in [-0.1, -0.05) is 5.16 Å². The molecule has 1 heterocycles. The molecule has 2 rings (SSSR count). The molecule has 0 spiro atoms. The van der Waals surface area contributed by atoms with Crippen molar-refractivity contribution in [1.29, 1.82) is 0 Å². The van der Waals surface area contributed by atoms with E-state index in [9.17, 15) is 9.59 Å². The highest BCUT2D eigenvalue weighted by Crippen LogP contribution is 2.18. The van der Waals surface area contributed by atoms with Gasteiger partial charge in [0.05, 0.1) is 17.9 Å². The third-order valence-corrected chi connectivity index (χ3v) is 3.68. The fourth-order valence-electron chi connectivity index (χ4n) is 2.25. The molecule has 0 aliphatic carbocycles. The lowest BCUT2D eigenvalue weighted by molar-refractivity contribution is -0.143. The summed E-state index contributed by atoms with van der Waals surface area (Å²) in [4.78, 5) is 25.1. The van der Waals surface area contributed by atoms with Crippen LogP contribution in [-0.2, 0) is 16.1 Å². The summed E-state index contributed by atoms with van der Waals surface area (Å²) in [6, 6.07) is 6.74. The first kappa shape index (κ1) is 18.5. The van der Waals surface area contributed by atoms with E-state index in [0.717, 1.165) is 17.0 Å². The van der Waals surface area contributed by atoms with Gasteiger partial charge in [0.1, 0.15) is 24.7 Å². The van der Waals surface area contributed by atoms with E-state index in [1.54, 1.807) is 38.2 Å². The van der Waals surface area contributed by atoms with Crippen LogP contribution in [0.3, 0.4) is 0 Å². The summed E-state index contributed by atoms with van der Waals surface area (Å²) in [5.41, 5.74) is 2.18. The molecule has 1 aromatic heterocycles. The molecular formula is C18H22N2O5. The van der Waals surface area contributed by atoms with Crippen molar-refractivity contribution < 1.29 is 23.6 Å². The van der Waals surface area contributed by atoms with Crippen LogP contribution in [-0.4, -0.2) is 42.1 Å². The van der Waals surface area contributed by atoms with E-state index in [0.29, 0.717) is 17.9 Å². The second-order valence-corrected chi connectivity index (χ2v) is 5.58. The van der Waals surface area contributed by atoms with Gasteiger partial charge in [-0.05, 0) is 45.0 Å². The summed E-state index contributed by atoms with van der Waals surface area (Å²) in [5, 5.41) is 3.88. The molecule has 0 aliphatic rings. The average Bonchev–Trinajstić information content (AvgIpc) is 2.91. The summed E-state index contributed by atoms with van der Waals surface area (Å²) < 4.78 is 15.6. The molecule has 0 aliphatic heterocycles. The Morgan fingerprint density at radius 3 is 2.44 bits per heavy atom. The summed E-state index contributed by atoms with van der Waals surface area (Å²) in [6.07, 6.45) is 0. The first-order valence-electron chi connectivity index (χ1n) is 7.98. The molecule has 134 valence electrons. The minimum atomic E-state index is -0.433. The summed E-state index contributed by atoms with van der Waals surface area (Å²) in [6.45, 7) is 5.96. The Kier molecular flexibility index (Phi) is 6.16. The highest BCUT2D eigenvalue weighted by atomic mass is 16.5. The van der Waals surface area contributed by atoms with E-state index in [1.807, 2.05) is 13.8 Å². The minimum absolute atomic E-state index is 0.0863. The molecule has 0 bridgehead atoms. The standard InChI is InChI=1S/C18H22N2O5/c1-5-23-17(21)10-20(4)18(22)14-6-8-15(9-7-14)24-11-16-12(2)19-25-13(16)3/h6-9H,5,10-11H2,1-4H3. The van der Waals surface area contributed by atoms with E-state index in [1.165, 1.54) is 4.90 Å². The Hall–Kier alpha value is -2.83. The smallest absolute Gasteiger partial charge is 0.325 e. The second-order valence-electron chi connectivity index (χ2n) is 5.58. The average molecular weight is 346 g/mol. The predicted octanol–water partition coefficient (Wildman–Crippen LogP) is 2.51. The molecule has 0 saturated heterocycles. The van der Waals surface area contributed by atoms with E-state index in [2.05, 4.69) is 5.16 Å². The number of benzene rings is 1. The Bertz CT molecular complexity index is 717. The SMILES string of the molecule is CCOC(=O)CN(C)C(=O)c1ccc(OCc2c(C)noc2C)cc1. The number of nitrogens with zero attached hydrogens (tertiary/aromatic N) is 2. The quantitative estimate of drug-likeness (QED) is 0.717. The number of hydrogen-bond acceptors (Lipinski definition) is 6. The molecule has 7 nitrogen and oxygen atoms in total. The Morgan fingerprint density at radius 2 is 1.88 bits per heavy atom. The van der Waals surface area contributed by atoms with Gasteiger partial charge in [0.25, 0.3) is 5.91 Å². The number of amides is 1. The molecule has 25 heavy (non-hydrogen) atoms. The van der Waals surface area contributed by atoms with Gasteiger partial charge >= 0.3 is 5.97 Å². The van der Waals surface area contributed by atoms with Gasteiger partial charge in [0.2, 0.25) is 0 Å². The topological polar surface area (TPSA) is 81.9 Å². The van der Waals surface area contributed by atoms with E-state index in [-0.39, 0.29) is 19.1 Å². The molecule has 1 amide bonds. The lowest BCUT2D eigenvalue weighted by atomic mass is 10.2. The van der Waals surface area contributed by atoms with Crippen LogP contribution in [0.5, 0.6) is 5.75 Å². The van der Waals surface area contributed by atoms with Crippen molar-refractivity contribution in [3.63, 3.8) is 0 Å². The van der Waals surface area contributed by atoms with E-state index >= 15 is 0 Å². The molecule has 0 fully saturated rings. The lowest BCUT2D eigenvalue weighted by Crippen LogP contribution is -2.33. The van der Waals surface area contributed by atoms with Gasteiger partial charge in [-0.2, -0.15) is 0 Å². The third kappa shape index (κ3) is 4.82. The van der Waals surface area contributed by atoms with E-state index in [4.69, 9.17) is 14.0 Å². The van der Waals surface area contributed by atoms with Crippen molar-refractivity contribution in [2.75, 3.05) is 20.2 Å².